The molecule has 1 fully saturated rings. The minimum atomic E-state index is -0.679. The lowest BCUT2D eigenvalue weighted by Gasteiger charge is -2.39. The molecule has 1 rings (SSSR count). The van der Waals surface area contributed by atoms with E-state index in [1.807, 2.05) is 18.7 Å². The van der Waals surface area contributed by atoms with Gasteiger partial charge in [-0.15, -0.1) is 0 Å². The zero-order chi connectivity index (χ0) is 12.3. The van der Waals surface area contributed by atoms with Gasteiger partial charge < -0.3 is 15.4 Å². The van der Waals surface area contributed by atoms with Crippen LogP contribution in [0.1, 0.15) is 33.6 Å². The van der Waals surface area contributed by atoms with E-state index in [0.717, 1.165) is 19.5 Å². The van der Waals surface area contributed by atoms with E-state index in [4.69, 9.17) is 10.5 Å². The van der Waals surface area contributed by atoms with Crippen LogP contribution in [-0.4, -0.2) is 42.6 Å². The summed E-state index contributed by atoms with van der Waals surface area (Å²) in [6.45, 7) is 7.43. The molecule has 0 spiro atoms. The van der Waals surface area contributed by atoms with Crippen molar-refractivity contribution in [1.29, 1.82) is 0 Å². The Hall–Kier alpha value is -0.610. The van der Waals surface area contributed by atoms with Crippen molar-refractivity contribution in [1.82, 2.24) is 4.90 Å². The largest absolute Gasteiger partial charge is 0.369 e. The summed E-state index contributed by atoms with van der Waals surface area (Å²) < 4.78 is 5.34. The van der Waals surface area contributed by atoms with Gasteiger partial charge in [0.2, 0.25) is 0 Å². The second kappa shape index (κ2) is 5.15. The van der Waals surface area contributed by atoms with Crippen molar-refractivity contribution < 1.29 is 9.53 Å². The summed E-state index contributed by atoms with van der Waals surface area (Å²) >= 11 is 0. The van der Waals surface area contributed by atoms with Crippen LogP contribution < -0.4 is 5.73 Å². The lowest BCUT2D eigenvalue weighted by molar-refractivity contribution is -0.155. The molecular weight excluding hydrogens is 204 g/mol. The number of carbonyl (C=O) groups is 1. The van der Waals surface area contributed by atoms with E-state index in [1.165, 1.54) is 0 Å². The van der Waals surface area contributed by atoms with E-state index < -0.39 is 5.60 Å². The molecule has 94 valence electrons. The van der Waals surface area contributed by atoms with Gasteiger partial charge in [0.25, 0.3) is 5.91 Å². The lowest BCUT2D eigenvalue weighted by atomic mass is 9.92. The summed E-state index contributed by atoms with van der Waals surface area (Å²) in [5.41, 5.74) is 5.27. The van der Waals surface area contributed by atoms with Gasteiger partial charge >= 0.3 is 0 Å². The quantitative estimate of drug-likeness (QED) is 0.784. The highest BCUT2D eigenvalue weighted by atomic mass is 16.5. The van der Waals surface area contributed by atoms with E-state index in [9.17, 15) is 4.79 Å². The van der Waals surface area contributed by atoms with Crippen molar-refractivity contribution in [3.8, 4) is 0 Å². The van der Waals surface area contributed by atoms with Crippen LogP contribution in [0.25, 0.3) is 0 Å². The maximum absolute atomic E-state index is 12.3. The Bertz CT molecular complexity index is 251. The van der Waals surface area contributed by atoms with Gasteiger partial charge in [0.05, 0.1) is 0 Å². The van der Waals surface area contributed by atoms with Crippen molar-refractivity contribution in [2.45, 2.75) is 45.3 Å². The molecule has 0 aromatic rings. The molecule has 3 atom stereocenters. The Labute approximate surface area is 98.1 Å². The molecule has 4 heteroatoms. The third-order valence-corrected chi connectivity index (χ3v) is 3.84. The summed E-state index contributed by atoms with van der Waals surface area (Å²) in [7, 11) is 1.60. The molecular formula is C12H24N2O2. The average molecular weight is 228 g/mol. The van der Waals surface area contributed by atoms with Crippen LogP contribution in [0.3, 0.4) is 0 Å². The van der Waals surface area contributed by atoms with Crippen molar-refractivity contribution in [2.24, 2.45) is 11.7 Å². The number of ether oxygens (including phenoxy) is 1. The standard InChI is InChI=1S/C12H24N2O2/c1-5-12(3,16-4)11(15)14-7-6-10(13)9(2)8-14/h9-10H,5-8,13H2,1-4H3. The number of rotatable bonds is 3. The zero-order valence-corrected chi connectivity index (χ0v) is 10.8. The molecule has 1 aliphatic rings. The number of hydrogen-bond donors (Lipinski definition) is 1. The molecule has 0 aromatic heterocycles. The monoisotopic (exact) mass is 228 g/mol. The van der Waals surface area contributed by atoms with E-state index in [0.29, 0.717) is 12.3 Å². The molecule has 0 radical (unpaired) electrons. The summed E-state index contributed by atoms with van der Waals surface area (Å²) in [6.07, 6.45) is 1.58. The normalized spacial score (nSPS) is 29.9. The highest BCUT2D eigenvalue weighted by Gasteiger charge is 2.37. The number of methoxy groups -OCH3 is 1. The average Bonchev–Trinajstić information content (AvgIpc) is 2.30. The molecule has 16 heavy (non-hydrogen) atoms. The van der Waals surface area contributed by atoms with Gasteiger partial charge in [-0.05, 0) is 25.7 Å². The van der Waals surface area contributed by atoms with Crippen molar-refractivity contribution in [2.75, 3.05) is 20.2 Å². The number of nitrogens with zero attached hydrogens (tertiary/aromatic N) is 1. The van der Waals surface area contributed by atoms with Crippen molar-refractivity contribution in [3.63, 3.8) is 0 Å². The van der Waals surface area contributed by atoms with Gasteiger partial charge in [-0.1, -0.05) is 13.8 Å². The SMILES string of the molecule is CCC(C)(OC)C(=O)N1CCC(N)C(C)C1. The van der Waals surface area contributed by atoms with Crippen molar-refractivity contribution in [3.05, 3.63) is 0 Å². The highest BCUT2D eigenvalue weighted by Crippen LogP contribution is 2.22. The fourth-order valence-corrected chi connectivity index (χ4v) is 2.07. The molecule has 3 unspecified atom stereocenters. The van der Waals surface area contributed by atoms with E-state index in [-0.39, 0.29) is 11.9 Å². The molecule has 1 heterocycles. The van der Waals surface area contributed by atoms with Gasteiger partial charge in [0.15, 0.2) is 0 Å². The van der Waals surface area contributed by atoms with Crippen LogP contribution in [0.15, 0.2) is 0 Å². The third kappa shape index (κ3) is 2.55. The Morgan fingerprint density at radius 3 is 2.69 bits per heavy atom. The molecule has 0 aromatic carbocycles. The maximum Gasteiger partial charge on any atom is 0.254 e. The molecule has 1 saturated heterocycles. The second-order valence-corrected chi connectivity index (χ2v) is 4.97. The summed E-state index contributed by atoms with van der Waals surface area (Å²) in [6, 6.07) is 0.222. The minimum Gasteiger partial charge on any atom is -0.369 e. The number of nitrogens with two attached hydrogens (primary N) is 1. The maximum atomic E-state index is 12.3. The first-order chi connectivity index (χ1) is 7.44. The number of carbonyl (C=O) groups excluding carboxylic acids is 1. The molecule has 1 aliphatic heterocycles. The first-order valence-electron chi connectivity index (χ1n) is 6.04. The third-order valence-electron chi connectivity index (χ3n) is 3.84. The smallest absolute Gasteiger partial charge is 0.254 e. The first-order valence-corrected chi connectivity index (χ1v) is 6.04. The number of amides is 1. The molecule has 0 bridgehead atoms. The highest BCUT2D eigenvalue weighted by molar-refractivity contribution is 5.84. The molecule has 0 aliphatic carbocycles. The van der Waals surface area contributed by atoms with Gasteiger partial charge in [-0.3, -0.25) is 4.79 Å². The summed E-state index contributed by atoms with van der Waals surface area (Å²) in [4.78, 5) is 14.2. The zero-order valence-electron chi connectivity index (χ0n) is 10.8. The predicted molar refractivity (Wildman–Crippen MR) is 64.0 cm³/mol. The molecule has 2 N–H and O–H groups in total. The fraction of sp³-hybridized carbons (Fsp3) is 0.917. The van der Waals surface area contributed by atoms with E-state index in [1.54, 1.807) is 7.11 Å². The molecule has 0 saturated carbocycles. The van der Waals surface area contributed by atoms with Gasteiger partial charge in [0, 0.05) is 26.2 Å². The van der Waals surface area contributed by atoms with Gasteiger partial charge in [-0.2, -0.15) is 0 Å². The first kappa shape index (κ1) is 13.5. The number of hydrogen-bond acceptors (Lipinski definition) is 3. The molecule has 1 amide bonds. The van der Waals surface area contributed by atoms with Crippen LogP contribution in [0.2, 0.25) is 0 Å². The number of piperidine rings is 1. The lowest BCUT2D eigenvalue weighted by Crippen LogP contribution is -2.54. The van der Waals surface area contributed by atoms with E-state index in [2.05, 4.69) is 6.92 Å². The Morgan fingerprint density at radius 2 is 2.25 bits per heavy atom. The Balaban J connectivity index is 2.68. The van der Waals surface area contributed by atoms with Gasteiger partial charge in [-0.25, -0.2) is 0 Å². The van der Waals surface area contributed by atoms with Crippen LogP contribution in [0, 0.1) is 5.92 Å². The summed E-state index contributed by atoms with van der Waals surface area (Å²) in [5.74, 6) is 0.465. The van der Waals surface area contributed by atoms with Gasteiger partial charge in [0.1, 0.15) is 5.60 Å². The second-order valence-electron chi connectivity index (χ2n) is 4.97. The van der Waals surface area contributed by atoms with Crippen molar-refractivity contribution >= 4 is 5.91 Å². The topological polar surface area (TPSA) is 55.6 Å². The number of likely N-dealkylation sites (tertiary alicyclic amines) is 1. The van der Waals surface area contributed by atoms with Crippen LogP contribution in [-0.2, 0) is 9.53 Å². The van der Waals surface area contributed by atoms with Crippen LogP contribution >= 0.6 is 0 Å². The fourth-order valence-electron chi connectivity index (χ4n) is 2.07. The predicted octanol–water partition coefficient (Wildman–Crippen LogP) is 0.997. The Kier molecular flexibility index (Phi) is 4.33. The summed E-state index contributed by atoms with van der Waals surface area (Å²) in [5, 5.41) is 0. The van der Waals surface area contributed by atoms with E-state index >= 15 is 0 Å². The van der Waals surface area contributed by atoms with Crippen LogP contribution in [0.5, 0.6) is 0 Å². The Morgan fingerprint density at radius 1 is 1.62 bits per heavy atom. The molecule has 4 nitrogen and oxygen atoms in total. The minimum absolute atomic E-state index is 0.0938. The van der Waals surface area contributed by atoms with Crippen LogP contribution in [0.4, 0.5) is 0 Å².